The third kappa shape index (κ3) is 4.79. The van der Waals surface area contributed by atoms with Gasteiger partial charge >= 0.3 is 0 Å². The minimum atomic E-state index is -0.380. The highest BCUT2D eigenvalue weighted by atomic mass is 35.5. The van der Waals surface area contributed by atoms with Gasteiger partial charge in [-0.2, -0.15) is 10.2 Å². The van der Waals surface area contributed by atoms with E-state index in [0.717, 1.165) is 18.7 Å². The van der Waals surface area contributed by atoms with E-state index in [4.69, 9.17) is 28.0 Å². The van der Waals surface area contributed by atoms with Crippen molar-refractivity contribution in [2.24, 2.45) is 0 Å². The molecule has 0 unspecified atom stereocenters. The predicted molar refractivity (Wildman–Crippen MR) is 122 cm³/mol. The number of non-ortho nitro benzene ring substituents is 1. The normalized spacial score (nSPS) is 17.8. The van der Waals surface area contributed by atoms with Crippen molar-refractivity contribution in [1.29, 1.82) is 0 Å². The first kappa shape index (κ1) is 22.7. The molecule has 168 valence electrons. The maximum absolute atomic E-state index is 12.3. The molecule has 0 amide bonds. The van der Waals surface area contributed by atoms with E-state index < -0.39 is 0 Å². The summed E-state index contributed by atoms with van der Waals surface area (Å²) in [4.78, 5) is 31.0. The number of carbonyl (C=O) groups is 1. The van der Waals surface area contributed by atoms with Gasteiger partial charge in [-0.05, 0) is 30.7 Å². The van der Waals surface area contributed by atoms with E-state index in [1.165, 1.54) is 13.0 Å². The number of rotatable bonds is 6. The van der Waals surface area contributed by atoms with Gasteiger partial charge in [0.15, 0.2) is 5.78 Å². The number of carbonyl (C=O) groups excluding carboxylic acids is 1. The molecule has 0 saturated carbocycles. The van der Waals surface area contributed by atoms with Gasteiger partial charge in [0.1, 0.15) is 12.3 Å². The molecule has 0 radical (unpaired) electrons. The van der Waals surface area contributed by atoms with Gasteiger partial charge in [0.25, 0.3) is 5.69 Å². The molecule has 2 heterocycles. The second kappa shape index (κ2) is 9.56. The topological polar surface area (TPSA) is 79.2 Å². The van der Waals surface area contributed by atoms with Crippen LogP contribution in [0.5, 0.6) is 0 Å². The Balaban J connectivity index is 1.48. The Bertz CT molecular complexity index is 1080. The molecular formula is C22H22Cl2N4O4. The smallest absolute Gasteiger partial charge is 0.269 e. The van der Waals surface area contributed by atoms with Crippen molar-refractivity contribution in [2.75, 3.05) is 32.8 Å². The molecule has 0 spiro atoms. The molecule has 2 aromatic rings. The lowest BCUT2D eigenvalue weighted by molar-refractivity contribution is -0.384. The van der Waals surface area contributed by atoms with Crippen LogP contribution >= 0.6 is 23.2 Å². The third-order valence-electron chi connectivity index (χ3n) is 5.55. The number of benzene rings is 2. The number of nitro groups is 1. The fraction of sp³-hybridized carbons (Fsp3) is 0.318. The molecule has 0 aromatic heterocycles. The predicted octanol–water partition coefficient (Wildman–Crippen LogP) is 4.18. The summed E-state index contributed by atoms with van der Waals surface area (Å²) in [5.41, 5.74) is 2.90. The molecule has 1 fully saturated rings. The number of hydrazine groups is 1. The molecule has 10 heteroatoms. The number of ketones is 1. The van der Waals surface area contributed by atoms with Crippen molar-refractivity contribution in [1.82, 2.24) is 15.1 Å². The standard InChI is InChI=1S/C22H22Cl2N4O4/c1-15(29)20-14-32-27(22(20)19-6-5-17(23)12-21(19)24)26-9-7-25(8-10-26)13-16-3-2-4-18(11-16)28(30)31/h2-6,11-12H,7-10,13-14H2,1H3. The van der Waals surface area contributed by atoms with Gasteiger partial charge < -0.3 is 0 Å². The summed E-state index contributed by atoms with van der Waals surface area (Å²) in [6, 6.07) is 11.9. The van der Waals surface area contributed by atoms with Gasteiger partial charge in [-0.3, -0.25) is 24.6 Å². The number of halogens is 2. The first-order valence-electron chi connectivity index (χ1n) is 10.2. The van der Waals surface area contributed by atoms with Crippen molar-refractivity contribution in [3.05, 3.63) is 79.3 Å². The van der Waals surface area contributed by atoms with E-state index in [0.29, 0.717) is 46.5 Å². The Labute approximate surface area is 195 Å². The fourth-order valence-corrected chi connectivity index (χ4v) is 4.41. The summed E-state index contributed by atoms with van der Waals surface area (Å²) in [6.45, 7) is 5.12. The minimum Gasteiger partial charge on any atom is -0.296 e. The average Bonchev–Trinajstić information content (AvgIpc) is 3.19. The summed E-state index contributed by atoms with van der Waals surface area (Å²) in [6.07, 6.45) is 0. The molecular weight excluding hydrogens is 455 g/mol. The van der Waals surface area contributed by atoms with Crippen molar-refractivity contribution < 1.29 is 14.6 Å². The Hall–Kier alpha value is -2.49. The van der Waals surface area contributed by atoms with Crippen molar-refractivity contribution in [2.45, 2.75) is 13.5 Å². The second-order valence-electron chi connectivity index (χ2n) is 7.71. The number of hydrogen-bond acceptors (Lipinski definition) is 7. The molecule has 2 aliphatic heterocycles. The zero-order chi connectivity index (χ0) is 22.8. The van der Waals surface area contributed by atoms with Crippen LogP contribution in [0.15, 0.2) is 48.0 Å². The van der Waals surface area contributed by atoms with Crippen LogP contribution in [0.2, 0.25) is 10.0 Å². The molecule has 0 N–H and O–H groups in total. The molecule has 2 aromatic carbocycles. The van der Waals surface area contributed by atoms with Gasteiger partial charge in [-0.25, -0.2) is 0 Å². The van der Waals surface area contributed by atoms with E-state index in [1.54, 1.807) is 35.5 Å². The Kier molecular flexibility index (Phi) is 6.78. The highest BCUT2D eigenvalue weighted by molar-refractivity contribution is 6.35. The number of Topliss-reactive ketones (excluding diaryl/α,β-unsaturated/α-hetero) is 1. The molecule has 1 saturated heterocycles. The molecule has 8 nitrogen and oxygen atoms in total. The van der Waals surface area contributed by atoms with Crippen LogP contribution in [0, 0.1) is 10.1 Å². The Morgan fingerprint density at radius 3 is 2.53 bits per heavy atom. The maximum atomic E-state index is 12.3. The highest BCUT2D eigenvalue weighted by Crippen LogP contribution is 2.36. The van der Waals surface area contributed by atoms with E-state index in [1.807, 2.05) is 11.1 Å². The zero-order valence-corrected chi connectivity index (χ0v) is 19.0. The van der Waals surface area contributed by atoms with Crippen molar-refractivity contribution >= 4 is 40.4 Å². The van der Waals surface area contributed by atoms with Gasteiger partial charge in [0, 0.05) is 55.4 Å². The number of piperazine rings is 1. The summed E-state index contributed by atoms with van der Waals surface area (Å²) in [5, 5.41) is 15.7. The molecule has 0 aliphatic carbocycles. The molecule has 0 atom stereocenters. The fourth-order valence-electron chi connectivity index (χ4n) is 3.92. The van der Waals surface area contributed by atoms with Crippen LogP contribution < -0.4 is 0 Å². The van der Waals surface area contributed by atoms with Gasteiger partial charge in [-0.15, -0.1) is 0 Å². The monoisotopic (exact) mass is 476 g/mol. The second-order valence-corrected chi connectivity index (χ2v) is 8.55. The van der Waals surface area contributed by atoms with E-state index in [2.05, 4.69) is 4.90 Å². The van der Waals surface area contributed by atoms with Gasteiger partial charge in [-0.1, -0.05) is 35.3 Å². The first-order valence-corrected chi connectivity index (χ1v) is 10.9. The van der Waals surface area contributed by atoms with Gasteiger partial charge in [0.2, 0.25) is 0 Å². The minimum absolute atomic E-state index is 0.0715. The maximum Gasteiger partial charge on any atom is 0.269 e. The molecule has 32 heavy (non-hydrogen) atoms. The third-order valence-corrected chi connectivity index (χ3v) is 6.10. The Morgan fingerprint density at radius 1 is 1.12 bits per heavy atom. The van der Waals surface area contributed by atoms with Crippen molar-refractivity contribution in [3.8, 4) is 0 Å². The first-order chi connectivity index (χ1) is 15.3. The number of nitrogens with zero attached hydrogens (tertiary/aromatic N) is 4. The lowest BCUT2D eigenvalue weighted by atomic mass is 10.0. The molecule has 0 bridgehead atoms. The van der Waals surface area contributed by atoms with E-state index >= 15 is 0 Å². The zero-order valence-electron chi connectivity index (χ0n) is 17.5. The van der Waals surface area contributed by atoms with Crippen LogP contribution in [-0.2, 0) is 16.2 Å². The molecule has 2 aliphatic rings. The lowest BCUT2D eigenvalue weighted by Crippen LogP contribution is -2.51. The van der Waals surface area contributed by atoms with Crippen LogP contribution in [0.1, 0.15) is 18.1 Å². The largest absolute Gasteiger partial charge is 0.296 e. The number of hydroxylamine groups is 1. The molecule has 4 rings (SSSR count). The highest BCUT2D eigenvalue weighted by Gasteiger charge is 2.34. The average molecular weight is 477 g/mol. The quantitative estimate of drug-likeness (QED) is 0.456. The summed E-state index contributed by atoms with van der Waals surface area (Å²) >= 11 is 12.5. The summed E-state index contributed by atoms with van der Waals surface area (Å²) in [7, 11) is 0. The van der Waals surface area contributed by atoms with E-state index in [-0.39, 0.29) is 23.0 Å². The van der Waals surface area contributed by atoms with Crippen LogP contribution in [0.4, 0.5) is 5.69 Å². The lowest BCUT2D eigenvalue weighted by Gasteiger charge is -2.40. The van der Waals surface area contributed by atoms with Crippen LogP contribution in [0.25, 0.3) is 5.70 Å². The van der Waals surface area contributed by atoms with Crippen molar-refractivity contribution in [3.63, 3.8) is 0 Å². The van der Waals surface area contributed by atoms with E-state index in [9.17, 15) is 14.9 Å². The van der Waals surface area contributed by atoms with Gasteiger partial charge in [0.05, 0.1) is 15.5 Å². The number of hydrogen-bond donors (Lipinski definition) is 0. The van der Waals surface area contributed by atoms with Crippen LogP contribution in [-0.4, -0.2) is 58.6 Å². The summed E-state index contributed by atoms with van der Waals surface area (Å²) in [5.74, 6) is -0.0715. The number of nitro benzene ring substituents is 1. The van der Waals surface area contributed by atoms with Crippen LogP contribution in [0.3, 0.4) is 0 Å². The summed E-state index contributed by atoms with van der Waals surface area (Å²) < 4.78 is 0. The SMILES string of the molecule is CC(=O)C1=C(c2ccc(Cl)cc2Cl)N(N2CCN(Cc3cccc([N+](=O)[O-])c3)CC2)OC1. The Morgan fingerprint density at radius 2 is 1.88 bits per heavy atom.